The first-order chi connectivity index (χ1) is 20.4. The lowest BCUT2D eigenvalue weighted by molar-refractivity contribution is -0.112. The van der Waals surface area contributed by atoms with Crippen LogP contribution in [0.4, 0.5) is 5.00 Å². The molecule has 0 aliphatic heterocycles. The van der Waals surface area contributed by atoms with Crippen molar-refractivity contribution in [2.75, 3.05) is 11.9 Å². The van der Waals surface area contributed by atoms with Gasteiger partial charge >= 0.3 is 5.97 Å². The Morgan fingerprint density at radius 2 is 1.52 bits per heavy atom. The number of thiophene rings is 1. The van der Waals surface area contributed by atoms with Crippen molar-refractivity contribution in [3.63, 3.8) is 0 Å². The Bertz CT molecular complexity index is 1810. The summed E-state index contributed by atoms with van der Waals surface area (Å²) in [6.45, 7) is 5.65. The second kappa shape index (κ2) is 12.5. The summed E-state index contributed by atoms with van der Waals surface area (Å²) in [5, 5.41) is 13.3. The topological polar surface area (TPSA) is 84.1 Å². The van der Waals surface area contributed by atoms with E-state index in [0.29, 0.717) is 16.1 Å². The smallest absolute Gasteiger partial charge is 0.341 e. The maximum absolute atomic E-state index is 13.5. The van der Waals surface area contributed by atoms with Crippen LogP contribution in [0.1, 0.15) is 33.3 Å². The average Bonchev–Trinajstić information content (AvgIpc) is 3.53. The van der Waals surface area contributed by atoms with Gasteiger partial charge in [0.25, 0.3) is 5.91 Å². The molecular weight excluding hydrogens is 542 g/mol. The molecule has 0 aliphatic rings. The Morgan fingerprint density at radius 3 is 2.12 bits per heavy atom. The normalized spacial score (nSPS) is 11.1. The number of hydrogen-bond donors (Lipinski definition) is 1. The molecule has 0 bridgehead atoms. The average molecular weight is 572 g/mol. The van der Waals surface area contributed by atoms with E-state index in [2.05, 4.69) is 16.0 Å². The zero-order chi connectivity index (χ0) is 29.6. The van der Waals surface area contributed by atoms with Gasteiger partial charge in [-0.15, -0.1) is 11.3 Å². The summed E-state index contributed by atoms with van der Waals surface area (Å²) in [5.41, 5.74) is 6.31. The molecule has 3 aromatic carbocycles. The number of esters is 1. The lowest BCUT2D eigenvalue weighted by Gasteiger charge is -2.15. The molecule has 0 fully saturated rings. The molecule has 2 heterocycles. The molecule has 0 radical (unpaired) electrons. The van der Waals surface area contributed by atoms with Gasteiger partial charge in [-0.05, 0) is 61.7 Å². The minimum atomic E-state index is -0.600. The Balaban J connectivity index is 1.67. The van der Waals surface area contributed by atoms with Crippen molar-refractivity contribution in [3.8, 4) is 34.3 Å². The molecular formula is C35H29N3O3S. The number of anilines is 1. The van der Waals surface area contributed by atoms with Crippen molar-refractivity contribution in [2.24, 2.45) is 0 Å². The molecule has 5 aromatic rings. The van der Waals surface area contributed by atoms with E-state index in [4.69, 9.17) is 4.74 Å². The molecule has 1 amide bonds. The van der Waals surface area contributed by atoms with Crippen LogP contribution in [0.2, 0.25) is 0 Å². The van der Waals surface area contributed by atoms with E-state index in [1.54, 1.807) is 13.0 Å². The first kappa shape index (κ1) is 28.3. The standard InChI is InChI=1S/C35H29N3O3S/c1-4-41-35(40)31-23(2)24(3)42-34(31)37-33(39)28(22-36)20-27-21-30(25-14-8-5-9-15-25)38(29-18-12-7-13-19-29)32(27)26-16-10-6-11-17-26/h5-21H,4H2,1-3H3,(H,37,39). The maximum Gasteiger partial charge on any atom is 0.341 e. The number of benzene rings is 3. The lowest BCUT2D eigenvalue weighted by Crippen LogP contribution is -2.16. The summed E-state index contributed by atoms with van der Waals surface area (Å²) in [6, 6.07) is 34.0. The fourth-order valence-electron chi connectivity index (χ4n) is 4.84. The van der Waals surface area contributed by atoms with Gasteiger partial charge in [-0.2, -0.15) is 5.26 Å². The Labute approximate surface area is 249 Å². The summed E-state index contributed by atoms with van der Waals surface area (Å²) in [4.78, 5) is 27.1. The van der Waals surface area contributed by atoms with Crippen molar-refractivity contribution in [1.82, 2.24) is 4.57 Å². The van der Waals surface area contributed by atoms with Crippen LogP contribution >= 0.6 is 11.3 Å². The van der Waals surface area contributed by atoms with Crippen LogP contribution in [0.25, 0.3) is 34.3 Å². The quantitative estimate of drug-likeness (QED) is 0.116. The van der Waals surface area contributed by atoms with Crippen molar-refractivity contribution >= 4 is 34.3 Å². The summed E-state index contributed by atoms with van der Waals surface area (Å²) < 4.78 is 7.37. The predicted octanol–water partition coefficient (Wildman–Crippen LogP) is 8.21. The summed E-state index contributed by atoms with van der Waals surface area (Å²) >= 11 is 1.29. The highest BCUT2D eigenvalue weighted by molar-refractivity contribution is 7.16. The van der Waals surface area contributed by atoms with E-state index < -0.39 is 11.9 Å². The SMILES string of the molecule is CCOC(=O)c1c(NC(=O)C(C#N)=Cc2cc(-c3ccccc3)n(-c3ccccc3)c2-c2ccccc2)sc(C)c1C. The van der Waals surface area contributed by atoms with Gasteiger partial charge < -0.3 is 14.6 Å². The van der Waals surface area contributed by atoms with Crippen molar-refractivity contribution in [2.45, 2.75) is 20.8 Å². The van der Waals surface area contributed by atoms with Crippen LogP contribution in [0, 0.1) is 25.2 Å². The molecule has 208 valence electrons. The van der Waals surface area contributed by atoms with E-state index in [0.717, 1.165) is 38.6 Å². The number of carbonyl (C=O) groups excluding carboxylic acids is 2. The zero-order valence-electron chi connectivity index (χ0n) is 23.5. The van der Waals surface area contributed by atoms with Gasteiger partial charge in [-0.1, -0.05) is 78.9 Å². The van der Waals surface area contributed by atoms with Crippen LogP contribution in [-0.2, 0) is 9.53 Å². The van der Waals surface area contributed by atoms with Crippen LogP contribution in [0.3, 0.4) is 0 Å². The first-order valence-corrected chi connectivity index (χ1v) is 14.4. The molecule has 1 N–H and O–H groups in total. The number of nitrogens with one attached hydrogen (secondary N) is 1. The van der Waals surface area contributed by atoms with Gasteiger partial charge in [-0.3, -0.25) is 4.79 Å². The van der Waals surface area contributed by atoms with Gasteiger partial charge in [-0.25, -0.2) is 4.79 Å². The van der Waals surface area contributed by atoms with Crippen molar-refractivity contribution < 1.29 is 14.3 Å². The largest absolute Gasteiger partial charge is 0.462 e. The monoisotopic (exact) mass is 571 g/mol. The predicted molar refractivity (Wildman–Crippen MR) is 169 cm³/mol. The van der Waals surface area contributed by atoms with E-state index in [1.807, 2.05) is 111 Å². The third-order valence-corrected chi connectivity index (χ3v) is 8.04. The van der Waals surface area contributed by atoms with E-state index >= 15 is 0 Å². The number of ether oxygens (including phenoxy) is 1. The van der Waals surface area contributed by atoms with Crippen molar-refractivity contribution in [1.29, 1.82) is 5.26 Å². The number of hydrogen-bond acceptors (Lipinski definition) is 5. The molecule has 0 unspecified atom stereocenters. The zero-order valence-corrected chi connectivity index (χ0v) is 24.4. The minimum Gasteiger partial charge on any atom is -0.462 e. The van der Waals surface area contributed by atoms with E-state index in [-0.39, 0.29) is 12.2 Å². The van der Waals surface area contributed by atoms with Gasteiger partial charge in [0.05, 0.1) is 23.6 Å². The molecule has 0 spiro atoms. The van der Waals surface area contributed by atoms with Crippen LogP contribution in [0.15, 0.2) is 103 Å². The molecule has 6 nitrogen and oxygen atoms in total. The Hall–Kier alpha value is -5.19. The number of nitriles is 1. The number of amides is 1. The number of carbonyl (C=O) groups is 2. The van der Waals surface area contributed by atoms with Gasteiger partial charge in [0.15, 0.2) is 0 Å². The van der Waals surface area contributed by atoms with Crippen molar-refractivity contribution in [3.05, 3.63) is 124 Å². The molecule has 5 rings (SSSR count). The fourth-order valence-corrected chi connectivity index (χ4v) is 5.88. The highest BCUT2D eigenvalue weighted by Gasteiger charge is 2.24. The number of rotatable bonds is 8. The summed E-state index contributed by atoms with van der Waals surface area (Å²) in [5.74, 6) is -1.10. The van der Waals surface area contributed by atoms with Gasteiger partial charge in [0.2, 0.25) is 0 Å². The van der Waals surface area contributed by atoms with Crippen LogP contribution in [-0.4, -0.2) is 23.1 Å². The molecule has 0 aliphatic carbocycles. The maximum atomic E-state index is 13.5. The minimum absolute atomic E-state index is 0.0875. The summed E-state index contributed by atoms with van der Waals surface area (Å²) in [7, 11) is 0. The molecule has 0 atom stereocenters. The third-order valence-electron chi connectivity index (χ3n) is 6.92. The summed E-state index contributed by atoms with van der Waals surface area (Å²) in [6.07, 6.45) is 1.61. The lowest BCUT2D eigenvalue weighted by atomic mass is 10.0. The fraction of sp³-hybridized carbons (Fsp3) is 0.114. The Morgan fingerprint density at radius 1 is 0.929 bits per heavy atom. The second-order valence-corrected chi connectivity index (χ2v) is 10.8. The number of para-hydroxylation sites is 1. The molecule has 0 saturated heterocycles. The molecule has 2 aromatic heterocycles. The van der Waals surface area contributed by atoms with Gasteiger partial charge in [0.1, 0.15) is 16.6 Å². The first-order valence-electron chi connectivity index (χ1n) is 13.5. The Kier molecular flexibility index (Phi) is 8.47. The number of aromatic nitrogens is 1. The van der Waals surface area contributed by atoms with Crippen LogP contribution in [0.5, 0.6) is 0 Å². The van der Waals surface area contributed by atoms with E-state index in [1.165, 1.54) is 11.3 Å². The van der Waals surface area contributed by atoms with Gasteiger partial charge in [0, 0.05) is 16.1 Å². The molecule has 0 saturated carbocycles. The molecule has 7 heteroatoms. The number of aryl methyl sites for hydroxylation is 1. The van der Waals surface area contributed by atoms with E-state index in [9.17, 15) is 14.9 Å². The second-order valence-electron chi connectivity index (χ2n) is 9.57. The highest BCUT2D eigenvalue weighted by Crippen LogP contribution is 2.38. The number of nitrogens with zero attached hydrogens (tertiary/aromatic N) is 2. The van der Waals surface area contributed by atoms with Crippen LogP contribution < -0.4 is 5.32 Å². The third kappa shape index (κ3) is 5.67. The highest BCUT2D eigenvalue weighted by atomic mass is 32.1. The molecule has 42 heavy (non-hydrogen) atoms.